The first kappa shape index (κ1) is 11.8. The summed E-state index contributed by atoms with van der Waals surface area (Å²) in [7, 11) is 0. The zero-order chi connectivity index (χ0) is 11.7. The Balaban J connectivity index is 2.10. The van der Waals surface area contributed by atoms with Gasteiger partial charge >= 0.3 is 0 Å². The molecule has 1 aromatic heterocycles. The maximum absolute atomic E-state index is 6.03. The van der Waals surface area contributed by atoms with Gasteiger partial charge in [-0.2, -0.15) is 4.37 Å². The Bertz CT molecular complexity index is 340. The van der Waals surface area contributed by atoms with Crippen LogP contribution in [0.1, 0.15) is 38.9 Å². The van der Waals surface area contributed by atoms with Crippen molar-refractivity contribution in [1.29, 1.82) is 0 Å². The molecule has 2 N–H and O–H groups in total. The topological polar surface area (TPSA) is 55.0 Å². The molecule has 0 aliphatic carbocycles. The number of hydrogen-bond acceptors (Lipinski definition) is 5. The third-order valence-electron chi connectivity index (χ3n) is 2.91. The fraction of sp³-hybridized carbons (Fsp3) is 0.818. The molecule has 0 aromatic carbocycles. The van der Waals surface area contributed by atoms with Gasteiger partial charge in [0.2, 0.25) is 5.13 Å². The van der Waals surface area contributed by atoms with Crippen LogP contribution in [0.5, 0.6) is 0 Å². The van der Waals surface area contributed by atoms with E-state index < -0.39 is 0 Å². The van der Waals surface area contributed by atoms with Gasteiger partial charge in [-0.05, 0) is 12.3 Å². The molecule has 1 fully saturated rings. The molecule has 90 valence electrons. The second-order valence-electron chi connectivity index (χ2n) is 5.10. The van der Waals surface area contributed by atoms with E-state index in [2.05, 4.69) is 35.0 Å². The highest BCUT2D eigenvalue weighted by atomic mass is 32.1. The summed E-state index contributed by atoms with van der Waals surface area (Å²) in [6.45, 7) is 8.46. The zero-order valence-electron chi connectivity index (χ0n) is 10.2. The zero-order valence-corrected chi connectivity index (χ0v) is 11.0. The highest BCUT2D eigenvalue weighted by Gasteiger charge is 2.24. The molecule has 16 heavy (non-hydrogen) atoms. The van der Waals surface area contributed by atoms with Gasteiger partial charge in [0.25, 0.3) is 0 Å². The first-order valence-corrected chi connectivity index (χ1v) is 6.67. The van der Waals surface area contributed by atoms with Crippen molar-refractivity contribution in [2.45, 2.75) is 39.2 Å². The van der Waals surface area contributed by atoms with Crippen molar-refractivity contribution in [3.63, 3.8) is 0 Å². The van der Waals surface area contributed by atoms with Gasteiger partial charge in [-0.1, -0.05) is 20.8 Å². The van der Waals surface area contributed by atoms with Crippen molar-refractivity contribution in [3.8, 4) is 0 Å². The Morgan fingerprint density at radius 2 is 2.19 bits per heavy atom. The number of aromatic nitrogens is 2. The Hall–Kier alpha value is -0.680. The van der Waals surface area contributed by atoms with Crippen molar-refractivity contribution in [1.82, 2.24) is 9.36 Å². The number of anilines is 1. The SMILES string of the molecule is CC1CC(N)CN(c2nc(C(C)C)ns2)C1. The average Bonchev–Trinajstić information content (AvgIpc) is 2.64. The Kier molecular flexibility index (Phi) is 3.44. The van der Waals surface area contributed by atoms with Crippen LogP contribution in [-0.4, -0.2) is 28.5 Å². The third-order valence-corrected chi connectivity index (χ3v) is 3.70. The van der Waals surface area contributed by atoms with Crippen LogP contribution in [-0.2, 0) is 0 Å². The molecule has 0 radical (unpaired) electrons. The quantitative estimate of drug-likeness (QED) is 0.857. The summed E-state index contributed by atoms with van der Waals surface area (Å²) in [6, 6.07) is 0.273. The lowest BCUT2D eigenvalue weighted by molar-refractivity contribution is 0.401. The Labute approximate surface area is 101 Å². The van der Waals surface area contributed by atoms with E-state index in [0.29, 0.717) is 11.8 Å². The van der Waals surface area contributed by atoms with E-state index in [1.807, 2.05) is 0 Å². The summed E-state index contributed by atoms with van der Waals surface area (Å²) in [6.07, 6.45) is 1.12. The highest BCUT2D eigenvalue weighted by molar-refractivity contribution is 7.09. The van der Waals surface area contributed by atoms with Gasteiger partial charge in [-0.15, -0.1) is 0 Å². The van der Waals surface area contributed by atoms with Crippen molar-refractivity contribution in [3.05, 3.63) is 5.82 Å². The van der Waals surface area contributed by atoms with Gasteiger partial charge in [0.1, 0.15) is 5.82 Å². The number of hydrogen-bond donors (Lipinski definition) is 1. The standard InChI is InChI=1S/C11H20N4S/c1-7(2)10-13-11(16-14-10)15-5-8(3)4-9(12)6-15/h7-9H,4-6,12H2,1-3H3. The second-order valence-corrected chi connectivity index (χ2v) is 5.83. The van der Waals surface area contributed by atoms with Gasteiger partial charge in [0.05, 0.1) is 0 Å². The molecule has 1 aromatic rings. The molecule has 0 amide bonds. The van der Waals surface area contributed by atoms with E-state index in [0.717, 1.165) is 30.5 Å². The van der Waals surface area contributed by atoms with Crippen LogP contribution in [0.4, 0.5) is 5.13 Å². The number of piperidine rings is 1. The van der Waals surface area contributed by atoms with Crippen LogP contribution in [0.15, 0.2) is 0 Å². The van der Waals surface area contributed by atoms with E-state index in [4.69, 9.17) is 5.73 Å². The summed E-state index contributed by atoms with van der Waals surface area (Å²) in [4.78, 5) is 6.86. The highest BCUT2D eigenvalue weighted by Crippen LogP contribution is 2.25. The minimum Gasteiger partial charge on any atom is -0.345 e. The first-order chi connectivity index (χ1) is 7.56. The third kappa shape index (κ3) is 2.52. The van der Waals surface area contributed by atoms with Crippen LogP contribution in [0.2, 0.25) is 0 Å². The molecule has 1 aliphatic heterocycles. The molecule has 0 saturated carbocycles. The molecule has 1 aliphatic rings. The molecule has 0 spiro atoms. The first-order valence-electron chi connectivity index (χ1n) is 5.90. The molecule has 1 saturated heterocycles. The molecular weight excluding hydrogens is 220 g/mol. The monoisotopic (exact) mass is 240 g/mol. The normalized spacial score (nSPS) is 26.4. The number of nitrogens with zero attached hydrogens (tertiary/aromatic N) is 3. The van der Waals surface area contributed by atoms with Gasteiger partial charge < -0.3 is 10.6 Å². The molecule has 0 bridgehead atoms. The van der Waals surface area contributed by atoms with E-state index in [1.165, 1.54) is 11.5 Å². The maximum atomic E-state index is 6.03. The molecular formula is C11H20N4S. The van der Waals surface area contributed by atoms with Crippen LogP contribution >= 0.6 is 11.5 Å². The second kappa shape index (κ2) is 4.67. The predicted molar refractivity (Wildman–Crippen MR) is 68.0 cm³/mol. The molecule has 5 heteroatoms. The van der Waals surface area contributed by atoms with E-state index in [9.17, 15) is 0 Å². The van der Waals surface area contributed by atoms with Gasteiger partial charge in [-0.3, -0.25) is 0 Å². The Morgan fingerprint density at radius 1 is 1.44 bits per heavy atom. The van der Waals surface area contributed by atoms with Crippen LogP contribution in [0.25, 0.3) is 0 Å². The van der Waals surface area contributed by atoms with Gasteiger partial charge in [0, 0.05) is 36.6 Å². The largest absolute Gasteiger partial charge is 0.345 e. The van der Waals surface area contributed by atoms with Crippen molar-refractivity contribution in [2.75, 3.05) is 18.0 Å². The summed E-state index contributed by atoms with van der Waals surface area (Å²) < 4.78 is 4.39. The lowest BCUT2D eigenvalue weighted by Gasteiger charge is -2.34. The lowest BCUT2D eigenvalue weighted by atomic mass is 9.97. The Morgan fingerprint density at radius 3 is 2.75 bits per heavy atom. The minimum absolute atomic E-state index is 0.273. The predicted octanol–water partition coefficient (Wildman–Crippen LogP) is 1.83. The fourth-order valence-electron chi connectivity index (χ4n) is 2.15. The van der Waals surface area contributed by atoms with Gasteiger partial charge in [0.15, 0.2) is 0 Å². The van der Waals surface area contributed by atoms with Crippen LogP contribution < -0.4 is 10.6 Å². The smallest absolute Gasteiger partial charge is 0.205 e. The summed E-state index contributed by atoms with van der Waals surface area (Å²) >= 11 is 1.50. The minimum atomic E-state index is 0.273. The molecule has 2 atom stereocenters. The summed E-state index contributed by atoms with van der Waals surface area (Å²) in [5.74, 6) is 2.00. The fourth-order valence-corrected chi connectivity index (χ4v) is 2.97. The molecule has 2 heterocycles. The summed E-state index contributed by atoms with van der Waals surface area (Å²) in [5.41, 5.74) is 6.03. The molecule has 4 nitrogen and oxygen atoms in total. The van der Waals surface area contributed by atoms with E-state index >= 15 is 0 Å². The number of rotatable bonds is 2. The van der Waals surface area contributed by atoms with Crippen molar-refractivity contribution < 1.29 is 0 Å². The maximum Gasteiger partial charge on any atom is 0.205 e. The average molecular weight is 240 g/mol. The molecule has 2 rings (SSSR count). The van der Waals surface area contributed by atoms with Crippen LogP contribution in [0, 0.1) is 5.92 Å². The lowest BCUT2D eigenvalue weighted by Crippen LogP contribution is -2.46. The number of nitrogens with two attached hydrogens (primary N) is 1. The van der Waals surface area contributed by atoms with Crippen molar-refractivity contribution >= 4 is 16.7 Å². The van der Waals surface area contributed by atoms with E-state index in [-0.39, 0.29) is 6.04 Å². The van der Waals surface area contributed by atoms with Crippen molar-refractivity contribution in [2.24, 2.45) is 11.7 Å². The van der Waals surface area contributed by atoms with E-state index in [1.54, 1.807) is 0 Å². The molecule has 2 unspecified atom stereocenters. The van der Waals surface area contributed by atoms with Crippen LogP contribution in [0.3, 0.4) is 0 Å². The van der Waals surface area contributed by atoms with Gasteiger partial charge in [-0.25, -0.2) is 4.98 Å². The summed E-state index contributed by atoms with van der Waals surface area (Å²) in [5, 5.41) is 1.03.